The minimum atomic E-state index is -0.0628. The van der Waals surface area contributed by atoms with Crippen LogP contribution < -0.4 is 14.8 Å². The van der Waals surface area contributed by atoms with Crippen LogP contribution in [0.1, 0.15) is 47.8 Å². The van der Waals surface area contributed by atoms with E-state index in [-0.39, 0.29) is 11.9 Å². The van der Waals surface area contributed by atoms with E-state index >= 15 is 0 Å². The lowest BCUT2D eigenvalue weighted by Crippen LogP contribution is -2.38. The highest BCUT2D eigenvalue weighted by Crippen LogP contribution is 2.33. The lowest BCUT2D eigenvalue weighted by atomic mass is 9.85. The molecule has 6 heteroatoms. The Hall–Kier alpha value is -3.02. The fourth-order valence-corrected chi connectivity index (χ4v) is 4.19. The number of fused-ring (bicyclic) bond motifs is 2. The first-order chi connectivity index (χ1) is 13.8. The van der Waals surface area contributed by atoms with Crippen LogP contribution in [0.25, 0.3) is 11.0 Å². The van der Waals surface area contributed by atoms with E-state index in [1.54, 1.807) is 12.1 Å². The largest absolute Gasteiger partial charge is 0.486 e. The topological polar surface area (TPSA) is 76.2 Å². The Morgan fingerprint density at radius 1 is 1.07 bits per heavy atom. The maximum atomic E-state index is 12.8. The molecule has 2 N–H and O–H groups in total. The Balaban J connectivity index is 1.28. The average Bonchev–Trinajstić information content (AvgIpc) is 3.18. The minimum absolute atomic E-state index is 0.0628. The molecule has 144 valence electrons. The zero-order chi connectivity index (χ0) is 18.9. The van der Waals surface area contributed by atoms with Gasteiger partial charge in [0.2, 0.25) is 0 Å². The molecule has 5 rings (SSSR count). The summed E-state index contributed by atoms with van der Waals surface area (Å²) in [7, 11) is 0. The number of rotatable bonds is 3. The standard InChI is InChI=1S/C22H23N3O3/c26-22(15-8-9-19-20(13-15)28-11-10-27-19)23-16-5-3-4-14(12-16)21-24-17-6-1-2-7-18(17)25-21/h1-2,6-9,13-14,16H,3-5,10-12H2,(H,23,26)(H,24,25). The van der Waals surface area contributed by atoms with E-state index in [1.807, 2.05) is 24.3 Å². The second kappa shape index (κ2) is 7.19. The third-order valence-corrected chi connectivity index (χ3v) is 5.61. The van der Waals surface area contributed by atoms with Crippen molar-refractivity contribution in [2.45, 2.75) is 37.6 Å². The smallest absolute Gasteiger partial charge is 0.251 e. The predicted octanol–water partition coefficient (Wildman–Crippen LogP) is 3.79. The molecule has 0 spiro atoms. The zero-order valence-corrected chi connectivity index (χ0v) is 15.6. The van der Waals surface area contributed by atoms with Crippen LogP contribution in [0.5, 0.6) is 11.5 Å². The van der Waals surface area contributed by atoms with Gasteiger partial charge in [0.1, 0.15) is 19.0 Å². The number of carbonyl (C=O) groups is 1. The van der Waals surface area contributed by atoms with Gasteiger partial charge in [-0.05, 0) is 49.6 Å². The molecule has 0 radical (unpaired) electrons. The van der Waals surface area contributed by atoms with E-state index in [4.69, 9.17) is 14.5 Å². The number of aromatic nitrogens is 2. The Labute approximate surface area is 163 Å². The Morgan fingerprint density at radius 2 is 1.93 bits per heavy atom. The molecule has 1 aliphatic heterocycles. The number of nitrogens with one attached hydrogen (secondary N) is 2. The van der Waals surface area contributed by atoms with Gasteiger partial charge < -0.3 is 19.8 Å². The number of amides is 1. The van der Waals surface area contributed by atoms with Gasteiger partial charge in [0.25, 0.3) is 5.91 Å². The molecule has 2 heterocycles. The third-order valence-electron chi connectivity index (χ3n) is 5.61. The van der Waals surface area contributed by atoms with E-state index in [0.717, 1.165) is 42.5 Å². The molecule has 1 aromatic heterocycles. The lowest BCUT2D eigenvalue weighted by molar-refractivity contribution is 0.0923. The Kier molecular flexibility index (Phi) is 4.39. The summed E-state index contributed by atoms with van der Waals surface area (Å²) in [4.78, 5) is 21.0. The van der Waals surface area contributed by atoms with Crippen molar-refractivity contribution in [1.29, 1.82) is 0 Å². The molecule has 1 fully saturated rings. The van der Waals surface area contributed by atoms with Gasteiger partial charge >= 0.3 is 0 Å². The van der Waals surface area contributed by atoms with E-state index < -0.39 is 0 Å². The number of hydrogen-bond acceptors (Lipinski definition) is 4. The Morgan fingerprint density at radius 3 is 2.82 bits per heavy atom. The maximum absolute atomic E-state index is 12.8. The first-order valence-corrected chi connectivity index (χ1v) is 9.91. The van der Waals surface area contributed by atoms with E-state index in [9.17, 15) is 4.79 Å². The van der Waals surface area contributed by atoms with Crippen molar-refractivity contribution in [2.75, 3.05) is 13.2 Å². The van der Waals surface area contributed by atoms with Crippen molar-refractivity contribution in [3.8, 4) is 11.5 Å². The molecule has 1 saturated carbocycles. The van der Waals surface area contributed by atoms with Gasteiger partial charge in [-0.25, -0.2) is 4.98 Å². The Bertz CT molecular complexity index is 980. The van der Waals surface area contributed by atoms with Crippen LogP contribution in [0.4, 0.5) is 0 Å². The van der Waals surface area contributed by atoms with Crippen LogP contribution in [0.2, 0.25) is 0 Å². The van der Waals surface area contributed by atoms with Crippen molar-refractivity contribution < 1.29 is 14.3 Å². The molecule has 6 nitrogen and oxygen atoms in total. The summed E-state index contributed by atoms with van der Waals surface area (Å²) >= 11 is 0. The molecule has 0 bridgehead atoms. The van der Waals surface area contributed by atoms with Crippen molar-refractivity contribution in [2.24, 2.45) is 0 Å². The minimum Gasteiger partial charge on any atom is -0.486 e. The number of nitrogens with zero attached hydrogens (tertiary/aromatic N) is 1. The molecule has 0 saturated heterocycles. The molecular weight excluding hydrogens is 354 g/mol. The lowest BCUT2D eigenvalue weighted by Gasteiger charge is -2.29. The number of benzene rings is 2. The number of hydrogen-bond donors (Lipinski definition) is 2. The highest BCUT2D eigenvalue weighted by molar-refractivity contribution is 5.95. The molecule has 2 unspecified atom stereocenters. The number of ether oxygens (including phenoxy) is 2. The van der Waals surface area contributed by atoms with Gasteiger partial charge in [0, 0.05) is 17.5 Å². The first kappa shape index (κ1) is 17.1. The maximum Gasteiger partial charge on any atom is 0.251 e. The van der Waals surface area contributed by atoms with Gasteiger partial charge in [-0.1, -0.05) is 18.6 Å². The van der Waals surface area contributed by atoms with Gasteiger partial charge in [-0.3, -0.25) is 4.79 Å². The molecule has 2 atom stereocenters. The van der Waals surface area contributed by atoms with E-state index in [2.05, 4.69) is 16.4 Å². The number of aromatic amines is 1. The summed E-state index contributed by atoms with van der Waals surface area (Å²) in [5.74, 6) is 2.64. The summed E-state index contributed by atoms with van der Waals surface area (Å²) in [5.41, 5.74) is 2.68. The second-order valence-electron chi connectivity index (χ2n) is 7.53. The molecule has 28 heavy (non-hydrogen) atoms. The quantitative estimate of drug-likeness (QED) is 0.728. The molecular formula is C22H23N3O3. The zero-order valence-electron chi connectivity index (χ0n) is 15.6. The fourth-order valence-electron chi connectivity index (χ4n) is 4.19. The van der Waals surface area contributed by atoms with Crippen LogP contribution in [0.3, 0.4) is 0 Å². The third kappa shape index (κ3) is 3.30. The molecule has 3 aromatic rings. The van der Waals surface area contributed by atoms with Crippen LogP contribution >= 0.6 is 0 Å². The predicted molar refractivity (Wildman–Crippen MR) is 106 cm³/mol. The van der Waals surface area contributed by atoms with Gasteiger partial charge in [0.05, 0.1) is 11.0 Å². The van der Waals surface area contributed by atoms with E-state index in [1.165, 1.54) is 0 Å². The van der Waals surface area contributed by atoms with Crippen LogP contribution in [0, 0.1) is 0 Å². The summed E-state index contributed by atoms with van der Waals surface area (Å²) < 4.78 is 11.1. The van der Waals surface area contributed by atoms with Crippen LogP contribution in [-0.4, -0.2) is 35.1 Å². The summed E-state index contributed by atoms with van der Waals surface area (Å²) in [6.45, 7) is 1.06. The molecule has 2 aromatic carbocycles. The molecule has 1 amide bonds. The average molecular weight is 377 g/mol. The van der Waals surface area contributed by atoms with Crippen molar-refractivity contribution in [1.82, 2.24) is 15.3 Å². The fraction of sp³-hybridized carbons (Fsp3) is 0.364. The monoisotopic (exact) mass is 377 g/mol. The first-order valence-electron chi connectivity index (χ1n) is 9.91. The number of imidazole rings is 1. The normalized spacial score (nSPS) is 21.4. The van der Waals surface area contributed by atoms with Crippen LogP contribution in [-0.2, 0) is 0 Å². The van der Waals surface area contributed by atoms with E-state index in [0.29, 0.717) is 36.2 Å². The van der Waals surface area contributed by atoms with Gasteiger partial charge in [0.15, 0.2) is 11.5 Å². The van der Waals surface area contributed by atoms with Crippen molar-refractivity contribution in [3.63, 3.8) is 0 Å². The number of para-hydroxylation sites is 2. The highest BCUT2D eigenvalue weighted by atomic mass is 16.6. The summed E-state index contributed by atoms with van der Waals surface area (Å²) in [5, 5.41) is 3.20. The number of carbonyl (C=O) groups excluding carboxylic acids is 1. The van der Waals surface area contributed by atoms with Crippen LogP contribution in [0.15, 0.2) is 42.5 Å². The number of H-pyrrole nitrogens is 1. The summed E-state index contributed by atoms with van der Waals surface area (Å²) in [6, 6.07) is 13.6. The van der Waals surface area contributed by atoms with Gasteiger partial charge in [-0.2, -0.15) is 0 Å². The summed E-state index contributed by atoms with van der Waals surface area (Å²) in [6.07, 6.45) is 4.06. The van der Waals surface area contributed by atoms with Crippen molar-refractivity contribution >= 4 is 16.9 Å². The molecule has 2 aliphatic rings. The van der Waals surface area contributed by atoms with Crippen molar-refractivity contribution in [3.05, 3.63) is 53.9 Å². The second-order valence-corrected chi connectivity index (χ2v) is 7.53. The molecule has 1 aliphatic carbocycles. The SMILES string of the molecule is O=C(NC1CCCC(c2nc3ccccc3[nH]2)C1)c1ccc2c(c1)OCCO2. The van der Waals surface area contributed by atoms with Gasteiger partial charge in [-0.15, -0.1) is 0 Å². The highest BCUT2D eigenvalue weighted by Gasteiger charge is 2.27.